The number of fused-ring (bicyclic) bond motifs is 1. The molecule has 1 aliphatic carbocycles. The lowest BCUT2D eigenvalue weighted by molar-refractivity contribution is 0.101. The van der Waals surface area contributed by atoms with Crippen molar-refractivity contribution in [3.63, 3.8) is 0 Å². The van der Waals surface area contributed by atoms with E-state index in [2.05, 4.69) is 20.1 Å². The lowest BCUT2D eigenvalue weighted by Gasteiger charge is -2.11. The molecule has 0 saturated heterocycles. The minimum atomic E-state index is -0.0576. The normalized spacial score (nSPS) is 14.5. The van der Waals surface area contributed by atoms with E-state index in [0.717, 1.165) is 40.7 Å². The quantitative estimate of drug-likeness (QED) is 0.773. The van der Waals surface area contributed by atoms with E-state index in [9.17, 15) is 4.79 Å². The summed E-state index contributed by atoms with van der Waals surface area (Å²) in [6.45, 7) is 1.98. The summed E-state index contributed by atoms with van der Waals surface area (Å²) in [6, 6.07) is 8.26. The molecule has 1 amide bonds. The molecule has 21 heavy (non-hydrogen) atoms. The van der Waals surface area contributed by atoms with Gasteiger partial charge in [-0.2, -0.15) is 5.10 Å². The third kappa shape index (κ3) is 2.11. The Morgan fingerprint density at radius 1 is 1.43 bits per heavy atom. The molecule has 0 spiro atoms. The zero-order valence-electron chi connectivity index (χ0n) is 11.8. The van der Waals surface area contributed by atoms with Gasteiger partial charge in [0.15, 0.2) is 0 Å². The lowest BCUT2D eigenvalue weighted by Crippen LogP contribution is -2.16. The number of aromatic amines is 1. The molecule has 1 saturated carbocycles. The molecule has 5 heteroatoms. The van der Waals surface area contributed by atoms with Crippen molar-refractivity contribution < 1.29 is 4.79 Å². The van der Waals surface area contributed by atoms with Gasteiger partial charge in [0, 0.05) is 23.3 Å². The number of nitrogens with one attached hydrogen (secondary N) is 2. The third-order valence-corrected chi connectivity index (χ3v) is 3.99. The number of H-pyrrole nitrogens is 1. The van der Waals surface area contributed by atoms with E-state index in [1.165, 1.54) is 0 Å². The van der Waals surface area contributed by atoms with Gasteiger partial charge in [-0.3, -0.25) is 9.89 Å². The molecule has 2 N–H and O–H groups in total. The number of aromatic nitrogens is 3. The average Bonchev–Trinajstić information content (AvgIpc) is 3.01. The SMILES string of the molecule is Cc1cc2[nH]ncc2cc1NC(=O)c1cccn1C1CC1. The topological polar surface area (TPSA) is 62.7 Å². The molecule has 4 rings (SSSR count). The lowest BCUT2D eigenvalue weighted by atomic mass is 10.1. The molecule has 106 valence electrons. The van der Waals surface area contributed by atoms with Crippen LogP contribution in [-0.4, -0.2) is 20.7 Å². The summed E-state index contributed by atoms with van der Waals surface area (Å²) in [6.07, 6.45) is 6.07. The Kier molecular flexibility index (Phi) is 2.60. The predicted molar refractivity (Wildman–Crippen MR) is 81.5 cm³/mol. The Balaban J connectivity index is 1.65. The zero-order valence-corrected chi connectivity index (χ0v) is 11.8. The van der Waals surface area contributed by atoms with Crippen LogP contribution in [0.25, 0.3) is 10.9 Å². The number of carbonyl (C=O) groups excluding carboxylic acids is 1. The molecule has 2 aromatic heterocycles. The Bertz CT molecular complexity index is 826. The molecular formula is C16H16N4O. The van der Waals surface area contributed by atoms with Crippen molar-refractivity contribution in [1.29, 1.82) is 0 Å². The second kappa shape index (κ2) is 4.48. The van der Waals surface area contributed by atoms with Crippen LogP contribution in [0.2, 0.25) is 0 Å². The number of benzene rings is 1. The van der Waals surface area contributed by atoms with Crippen molar-refractivity contribution in [2.75, 3.05) is 5.32 Å². The van der Waals surface area contributed by atoms with Crippen molar-refractivity contribution in [3.05, 3.63) is 47.9 Å². The molecular weight excluding hydrogens is 264 g/mol. The van der Waals surface area contributed by atoms with E-state index in [-0.39, 0.29) is 5.91 Å². The van der Waals surface area contributed by atoms with Gasteiger partial charge in [0.05, 0.1) is 11.7 Å². The molecule has 1 aliphatic rings. The van der Waals surface area contributed by atoms with Crippen LogP contribution in [0.15, 0.2) is 36.7 Å². The van der Waals surface area contributed by atoms with Gasteiger partial charge in [-0.25, -0.2) is 0 Å². The fraction of sp³-hybridized carbons (Fsp3) is 0.250. The molecule has 0 radical (unpaired) electrons. The van der Waals surface area contributed by atoms with Crippen LogP contribution >= 0.6 is 0 Å². The Morgan fingerprint density at radius 3 is 3.10 bits per heavy atom. The van der Waals surface area contributed by atoms with Crippen LogP contribution in [-0.2, 0) is 0 Å². The number of aryl methyl sites for hydroxylation is 1. The first-order valence-electron chi connectivity index (χ1n) is 7.14. The van der Waals surface area contributed by atoms with Crippen LogP contribution in [0.4, 0.5) is 5.69 Å². The van der Waals surface area contributed by atoms with Crippen molar-refractivity contribution in [2.24, 2.45) is 0 Å². The fourth-order valence-electron chi connectivity index (χ4n) is 2.68. The van der Waals surface area contributed by atoms with Gasteiger partial charge in [-0.05, 0) is 49.6 Å². The minimum absolute atomic E-state index is 0.0576. The molecule has 1 fully saturated rings. The molecule has 3 aromatic rings. The second-order valence-electron chi connectivity index (χ2n) is 5.61. The molecule has 5 nitrogen and oxygen atoms in total. The van der Waals surface area contributed by atoms with Gasteiger partial charge in [0.1, 0.15) is 5.69 Å². The van der Waals surface area contributed by atoms with Crippen molar-refractivity contribution in [1.82, 2.24) is 14.8 Å². The van der Waals surface area contributed by atoms with E-state index in [1.54, 1.807) is 6.20 Å². The van der Waals surface area contributed by atoms with E-state index >= 15 is 0 Å². The Hall–Kier alpha value is -2.56. The molecule has 0 bridgehead atoms. The summed E-state index contributed by atoms with van der Waals surface area (Å²) < 4.78 is 2.07. The summed E-state index contributed by atoms with van der Waals surface area (Å²) in [7, 11) is 0. The number of rotatable bonds is 3. The smallest absolute Gasteiger partial charge is 0.272 e. The number of carbonyl (C=O) groups is 1. The molecule has 2 heterocycles. The van der Waals surface area contributed by atoms with Crippen molar-refractivity contribution >= 4 is 22.5 Å². The number of nitrogens with zero attached hydrogens (tertiary/aromatic N) is 2. The predicted octanol–water partition coefficient (Wildman–Crippen LogP) is 3.26. The number of amides is 1. The Morgan fingerprint density at radius 2 is 2.29 bits per heavy atom. The highest BCUT2D eigenvalue weighted by atomic mass is 16.1. The monoisotopic (exact) mass is 280 g/mol. The second-order valence-corrected chi connectivity index (χ2v) is 5.61. The van der Waals surface area contributed by atoms with Gasteiger partial charge >= 0.3 is 0 Å². The van der Waals surface area contributed by atoms with E-state index in [1.807, 2.05) is 37.4 Å². The zero-order chi connectivity index (χ0) is 14.4. The summed E-state index contributed by atoms with van der Waals surface area (Å²) in [5.74, 6) is -0.0576. The maximum absolute atomic E-state index is 12.5. The van der Waals surface area contributed by atoms with Crippen LogP contribution in [0.5, 0.6) is 0 Å². The van der Waals surface area contributed by atoms with Gasteiger partial charge in [-0.1, -0.05) is 0 Å². The van der Waals surface area contributed by atoms with E-state index < -0.39 is 0 Å². The first-order chi connectivity index (χ1) is 10.2. The summed E-state index contributed by atoms with van der Waals surface area (Å²) in [5.41, 5.74) is 3.55. The highest BCUT2D eigenvalue weighted by Gasteiger charge is 2.26. The van der Waals surface area contributed by atoms with Crippen molar-refractivity contribution in [3.8, 4) is 0 Å². The van der Waals surface area contributed by atoms with E-state index in [0.29, 0.717) is 6.04 Å². The maximum atomic E-state index is 12.5. The number of anilines is 1. The van der Waals surface area contributed by atoms with Gasteiger partial charge in [-0.15, -0.1) is 0 Å². The summed E-state index contributed by atoms with van der Waals surface area (Å²) in [5, 5.41) is 11.0. The van der Waals surface area contributed by atoms with Gasteiger partial charge in [0.2, 0.25) is 0 Å². The van der Waals surface area contributed by atoms with Crippen LogP contribution < -0.4 is 5.32 Å². The molecule has 0 aliphatic heterocycles. The van der Waals surface area contributed by atoms with E-state index in [4.69, 9.17) is 0 Å². The minimum Gasteiger partial charge on any atom is -0.340 e. The average molecular weight is 280 g/mol. The highest BCUT2D eigenvalue weighted by Crippen LogP contribution is 2.36. The standard InChI is InChI=1S/C16H16N4O/c1-10-7-14-11(9-17-19-14)8-13(10)18-16(21)15-3-2-6-20(15)12-4-5-12/h2-3,6-9,12H,4-5H2,1H3,(H,17,19)(H,18,21). The number of hydrogen-bond donors (Lipinski definition) is 2. The van der Waals surface area contributed by atoms with Crippen molar-refractivity contribution in [2.45, 2.75) is 25.8 Å². The summed E-state index contributed by atoms with van der Waals surface area (Å²) in [4.78, 5) is 12.5. The Labute approximate surface area is 122 Å². The first kappa shape index (κ1) is 12.2. The van der Waals surface area contributed by atoms with Crippen LogP contribution in [0.3, 0.4) is 0 Å². The molecule has 0 unspecified atom stereocenters. The number of hydrogen-bond acceptors (Lipinski definition) is 2. The van der Waals surface area contributed by atoms with Gasteiger partial charge in [0.25, 0.3) is 5.91 Å². The third-order valence-electron chi connectivity index (χ3n) is 3.99. The largest absolute Gasteiger partial charge is 0.340 e. The first-order valence-corrected chi connectivity index (χ1v) is 7.14. The fourth-order valence-corrected chi connectivity index (χ4v) is 2.68. The van der Waals surface area contributed by atoms with Crippen LogP contribution in [0, 0.1) is 6.92 Å². The van der Waals surface area contributed by atoms with Gasteiger partial charge < -0.3 is 9.88 Å². The highest BCUT2D eigenvalue weighted by molar-refractivity contribution is 6.04. The van der Waals surface area contributed by atoms with Crippen LogP contribution in [0.1, 0.15) is 34.9 Å². The molecule has 0 atom stereocenters. The summed E-state index contributed by atoms with van der Waals surface area (Å²) >= 11 is 0. The maximum Gasteiger partial charge on any atom is 0.272 e. The molecule has 1 aromatic carbocycles.